The molecule has 0 spiro atoms. The molecular weight excluding hydrogens is 471 g/mol. The highest BCUT2D eigenvalue weighted by atomic mass is 35.5. The van der Waals surface area contributed by atoms with Gasteiger partial charge in [-0.15, -0.1) is 5.10 Å². The van der Waals surface area contributed by atoms with E-state index in [1.54, 1.807) is 0 Å². The van der Waals surface area contributed by atoms with Crippen LogP contribution in [0.1, 0.15) is 16.2 Å². The summed E-state index contributed by atoms with van der Waals surface area (Å²) in [5.74, 6) is -2.49. The number of hydrogen-bond donors (Lipinski definition) is 0. The Labute approximate surface area is 177 Å². The van der Waals surface area contributed by atoms with E-state index in [0.717, 1.165) is 30.5 Å². The first-order valence-corrected chi connectivity index (χ1v) is 10.6. The highest BCUT2D eigenvalue weighted by Crippen LogP contribution is 2.34. The molecule has 0 fully saturated rings. The molecule has 1 aromatic heterocycles. The van der Waals surface area contributed by atoms with Crippen molar-refractivity contribution in [2.75, 3.05) is 6.26 Å². The molecule has 3 rings (SSSR count). The van der Waals surface area contributed by atoms with Crippen LogP contribution in [0.4, 0.5) is 17.6 Å². The fourth-order valence-electron chi connectivity index (χ4n) is 2.53. The summed E-state index contributed by atoms with van der Waals surface area (Å²) in [6.07, 6.45) is -4.16. The second kappa shape index (κ2) is 7.97. The van der Waals surface area contributed by atoms with E-state index in [1.165, 1.54) is 18.2 Å². The Balaban J connectivity index is 2.17. The van der Waals surface area contributed by atoms with E-state index in [4.69, 9.17) is 23.2 Å². The van der Waals surface area contributed by atoms with E-state index in [2.05, 4.69) is 14.7 Å². The molecule has 0 aliphatic heterocycles. The molecule has 158 valence electrons. The average Bonchev–Trinajstić information content (AvgIpc) is 3.06. The van der Waals surface area contributed by atoms with Gasteiger partial charge in [0.15, 0.2) is 11.4 Å². The Bertz CT molecular complexity index is 1250. The summed E-state index contributed by atoms with van der Waals surface area (Å²) in [6, 6.07) is 8.32. The standard InChI is InChI=1S/C17H10Cl2F4N4O2S/c1-30(29,13-5-3-2-4-12(13)20)25-16(28)14-15(17(21,22)23)27(26-24-14)11-7-9(18)6-10(19)8-11/h2-8H,1H3. The molecule has 30 heavy (non-hydrogen) atoms. The maximum Gasteiger partial charge on any atom is 0.435 e. The van der Waals surface area contributed by atoms with Crippen LogP contribution in [0.2, 0.25) is 10.0 Å². The molecular formula is C17H10Cl2F4N4O2S. The predicted octanol–water partition coefficient (Wildman–Crippen LogP) is 5.03. The number of alkyl halides is 3. The molecule has 0 bridgehead atoms. The van der Waals surface area contributed by atoms with E-state index in [-0.39, 0.29) is 15.7 Å². The molecule has 1 heterocycles. The first-order chi connectivity index (χ1) is 13.9. The summed E-state index contributed by atoms with van der Waals surface area (Å²) in [5.41, 5.74) is -2.99. The van der Waals surface area contributed by atoms with Crippen LogP contribution in [0, 0.1) is 5.82 Å². The number of hydrogen-bond acceptors (Lipinski definition) is 4. The van der Waals surface area contributed by atoms with Crippen LogP contribution < -0.4 is 0 Å². The lowest BCUT2D eigenvalue weighted by Gasteiger charge is -2.11. The van der Waals surface area contributed by atoms with E-state index < -0.39 is 43.9 Å². The van der Waals surface area contributed by atoms with Gasteiger partial charge in [0.2, 0.25) is 0 Å². The number of carbonyl (C=O) groups is 1. The topological polar surface area (TPSA) is 77.2 Å². The number of carbonyl (C=O) groups excluding carboxylic acids is 1. The largest absolute Gasteiger partial charge is 0.435 e. The normalized spacial score (nSPS) is 13.7. The lowest BCUT2D eigenvalue weighted by molar-refractivity contribution is -0.143. The molecule has 6 nitrogen and oxygen atoms in total. The van der Waals surface area contributed by atoms with Crippen LogP contribution in [-0.2, 0) is 15.9 Å². The minimum atomic E-state index is -5.09. The Morgan fingerprint density at radius 3 is 2.30 bits per heavy atom. The third kappa shape index (κ3) is 4.47. The van der Waals surface area contributed by atoms with Gasteiger partial charge in [0.25, 0.3) is 0 Å². The summed E-state index contributed by atoms with van der Waals surface area (Å²) in [6.45, 7) is 0. The number of amides is 1. The summed E-state index contributed by atoms with van der Waals surface area (Å²) < 4.78 is 71.4. The van der Waals surface area contributed by atoms with Gasteiger partial charge in [-0.2, -0.15) is 17.5 Å². The van der Waals surface area contributed by atoms with Gasteiger partial charge < -0.3 is 0 Å². The van der Waals surface area contributed by atoms with E-state index in [9.17, 15) is 26.6 Å². The molecule has 3 aromatic rings. The Morgan fingerprint density at radius 2 is 1.73 bits per heavy atom. The van der Waals surface area contributed by atoms with Crippen LogP contribution in [0.3, 0.4) is 0 Å². The van der Waals surface area contributed by atoms with Crippen molar-refractivity contribution in [3.8, 4) is 5.69 Å². The van der Waals surface area contributed by atoms with Gasteiger partial charge in [-0.05, 0) is 30.3 Å². The number of aromatic nitrogens is 3. The smallest absolute Gasteiger partial charge is 0.264 e. The van der Waals surface area contributed by atoms with Gasteiger partial charge in [0, 0.05) is 16.3 Å². The molecule has 2 aromatic carbocycles. The van der Waals surface area contributed by atoms with Crippen molar-refractivity contribution in [2.45, 2.75) is 11.1 Å². The SMILES string of the molecule is CS(=O)(=NC(=O)c1nnn(-c2cc(Cl)cc(Cl)c2)c1C(F)(F)F)c1ccccc1F. The summed E-state index contributed by atoms with van der Waals surface area (Å²) in [4.78, 5) is 12.0. The summed E-state index contributed by atoms with van der Waals surface area (Å²) in [5, 5.41) is 6.67. The maximum atomic E-state index is 13.9. The minimum Gasteiger partial charge on any atom is -0.264 e. The van der Waals surface area contributed by atoms with Crippen molar-refractivity contribution in [3.05, 3.63) is 69.7 Å². The molecule has 0 N–H and O–H groups in total. The fraction of sp³-hybridized carbons (Fsp3) is 0.118. The molecule has 1 amide bonds. The van der Waals surface area contributed by atoms with Gasteiger partial charge in [0.1, 0.15) is 5.82 Å². The second-order valence-electron chi connectivity index (χ2n) is 5.95. The lowest BCUT2D eigenvalue weighted by atomic mass is 10.2. The Kier molecular flexibility index (Phi) is 5.89. The van der Waals surface area contributed by atoms with Crippen LogP contribution in [0.25, 0.3) is 5.69 Å². The van der Waals surface area contributed by atoms with Gasteiger partial charge in [-0.1, -0.05) is 40.5 Å². The van der Waals surface area contributed by atoms with E-state index in [0.29, 0.717) is 4.68 Å². The lowest BCUT2D eigenvalue weighted by Crippen LogP contribution is -2.18. The highest BCUT2D eigenvalue weighted by molar-refractivity contribution is 7.93. The van der Waals surface area contributed by atoms with Crippen LogP contribution in [0.15, 0.2) is 51.7 Å². The van der Waals surface area contributed by atoms with Gasteiger partial charge in [0.05, 0.1) is 20.3 Å². The first kappa shape index (κ1) is 22.2. The van der Waals surface area contributed by atoms with Gasteiger partial charge in [-0.3, -0.25) is 4.79 Å². The zero-order valence-electron chi connectivity index (χ0n) is 14.8. The average molecular weight is 481 g/mol. The Morgan fingerprint density at radius 1 is 1.13 bits per heavy atom. The third-order valence-electron chi connectivity index (χ3n) is 3.74. The minimum absolute atomic E-state index is 0.0230. The molecule has 13 heteroatoms. The summed E-state index contributed by atoms with van der Waals surface area (Å²) >= 11 is 11.6. The molecule has 0 saturated heterocycles. The van der Waals surface area contributed by atoms with Gasteiger partial charge in [-0.25, -0.2) is 13.3 Å². The monoisotopic (exact) mass is 480 g/mol. The zero-order chi connectivity index (χ0) is 22.3. The van der Waals surface area contributed by atoms with Gasteiger partial charge >= 0.3 is 12.1 Å². The quantitative estimate of drug-likeness (QED) is 0.492. The molecule has 0 radical (unpaired) electrons. The molecule has 0 aliphatic rings. The first-order valence-electron chi connectivity index (χ1n) is 7.90. The van der Waals surface area contributed by atoms with Crippen LogP contribution >= 0.6 is 23.2 Å². The van der Waals surface area contributed by atoms with Crippen molar-refractivity contribution in [1.29, 1.82) is 0 Å². The number of benzene rings is 2. The van der Waals surface area contributed by atoms with Crippen LogP contribution in [-0.4, -0.2) is 31.4 Å². The van der Waals surface area contributed by atoms with E-state index >= 15 is 0 Å². The third-order valence-corrected chi connectivity index (χ3v) is 5.83. The molecule has 0 aliphatic carbocycles. The van der Waals surface area contributed by atoms with Crippen molar-refractivity contribution in [1.82, 2.24) is 15.0 Å². The highest BCUT2D eigenvalue weighted by Gasteiger charge is 2.42. The molecule has 1 atom stereocenters. The number of nitrogens with zero attached hydrogens (tertiary/aromatic N) is 4. The zero-order valence-corrected chi connectivity index (χ0v) is 17.2. The Hall–Kier alpha value is -2.50. The van der Waals surface area contributed by atoms with Crippen molar-refractivity contribution in [2.24, 2.45) is 4.36 Å². The second-order valence-corrected chi connectivity index (χ2v) is 9.05. The summed E-state index contributed by atoms with van der Waals surface area (Å²) in [7, 11) is -3.71. The number of halogens is 6. The predicted molar refractivity (Wildman–Crippen MR) is 102 cm³/mol. The van der Waals surface area contributed by atoms with Crippen molar-refractivity contribution < 1.29 is 26.6 Å². The maximum absolute atomic E-state index is 13.9. The van der Waals surface area contributed by atoms with E-state index in [1.807, 2.05) is 0 Å². The fourth-order valence-corrected chi connectivity index (χ4v) is 4.30. The number of rotatable bonds is 3. The van der Waals surface area contributed by atoms with Crippen molar-refractivity contribution in [3.63, 3.8) is 0 Å². The van der Waals surface area contributed by atoms with Crippen LogP contribution in [0.5, 0.6) is 0 Å². The molecule has 0 saturated carbocycles. The van der Waals surface area contributed by atoms with Crippen molar-refractivity contribution >= 4 is 38.8 Å². The molecule has 1 unspecified atom stereocenters.